The predicted molar refractivity (Wildman–Crippen MR) is 197 cm³/mol. The van der Waals surface area contributed by atoms with Gasteiger partial charge in [-0.3, -0.25) is 24.3 Å². The lowest BCUT2D eigenvalue weighted by Crippen LogP contribution is -2.43. The van der Waals surface area contributed by atoms with E-state index >= 15 is 0 Å². The molecule has 3 amide bonds. The Morgan fingerprint density at radius 1 is 0.940 bits per heavy atom. The van der Waals surface area contributed by atoms with Crippen LogP contribution in [0.15, 0.2) is 102 Å². The highest BCUT2D eigenvalue weighted by atomic mass is 35.5. The Morgan fingerprint density at radius 3 is 2.44 bits per heavy atom. The van der Waals surface area contributed by atoms with Gasteiger partial charge >= 0.3 is 0 Å². The molecule has 0 spiro atoms. The number of nitrogens with one attached hydrogen (secondary N) is 1. The lowest BCUT2D eigenvalue weighted by Gasteiger charge is -2.28. The molecule has 2 atom stereocenters. The van der Waals surface area contributed by atoms with Crippen molar-refractivity contribution in [2.75, 3.05) is 43.1 Å². The SMILES string of the molecule is O=C(Nc1ccc(C2SC(=Nc3ccc(N4CCOCC4)cc3)N(Cc3ccccn3)C2=O)cc1)[C@@H]1CCCN1C(=O)Cc1ccccc1Cl. The maximum absolute atomic E-state index is 13.9. The van der Waals surface area contributed by atoms with Gasteiger partial charge in [-0.25, -0.2) is 4.99 Å². The number of pyridine rings is 1. The van der Waals surface area contributed by atoms with Gasteiger partial charge in [-0.2, -0.15) is 0 Å². The molecule has 0 radical (unpaired) electrons. The van der Waals surface area contributed by atoms with Crippen LogP contribution in [0.5, 0.6) is 0 Å². The number of rotatable bonds is 9. The molecule has 1 unspecified atom stereocenters. The first-order chi connectivity index (χ1) is 24.4. The summed E-state index contributed by atoms with van der Waals surface area (Å²) in [6.07, 6.45) is 3.21. The zero-order chi connectivity index (χ0) is 34.5. The number of nitrogens with zero attached hydrogens (tertiary/aromatic N) is 5. The summed E-state index contributed by atoms with van der Waals surface area (Å²) in [5.41, 5.74) is 4.78. The number of benzene rings is 3. The van der Waals surface area contributed by atoms with Crippen LogP contribution in [0.2, 0.25) is 5.02 Å². The van der Waals surface area contributed by atoms with E-state index in [1.54, 1.807) is 34.2 Å². The molecular weight excluding hydrogens is 672 g/mol. The standard InChI is InChI=1S/C38H37ClN6O4S/c39-32-8-2-1-6-27(32)24-34(46)44-19-5-9-33(44)36(47)41-28-12-10-26(11-13-28)35-37(48)45(25-30-7-3-4-18-40-30)38(50-35)42-29-14-16-31(17-15-29)43-20-22-49-23-21-43/h1-4,6-8,10-18,33,35H,5,9,19-25H2,(H,41,47)/t33-,35?/m0/s1. The number of aliphatic imine (C=N–C) groups is 1. The van der Waals surface area contributed by atoms with Crippen molar-refractivity contribution in [3.8, 4) is 0 Å². The highest BCUT2D eigenvalue weighted by Gasteiger charge is 2.39. The van der Waals surface area contributed by atoms with Crippen molar-refractivity contribution >= 4 is 63.3 Å². The molecule has 1 aromatic heterocycles. The van der Waals surface area contributed by atoms with E-state index in [4.69, 9.17) is 21.3 Å². The van der Waals surface area contributed by atoms with Gasteiger partial charge in [-0.05, 0) is 78.6 Å². The minimum Gasteiger partial charge on any atom is -0.378 e. The summed E-state index contributed by atoms with van der Waals surface area (Å²) in [5, 5.41) is 3.61. The van der Waals surface area contributed by atoms with E-state index in [2.05, 4.69) is 27.3 Å². The second-order valence-corrected chi connectivity index (χ2v) is 13.9. The quantitative estimate of drug-likeness (QED) is 0.219. The molecule has 3 saturated heterocycles. The fourth-order valence-corrected chi connectivity index (χ4v) is 7.81. The Morgan fingerprint density at radius 2 is 1.70 bits per heavy atom. The van der Waals surface area contributed by atoms with Crippen LogP contribution in [0, 0.1) is 0 Å². The number of thioether (sulfide) groups is 1. The van der Waals surface area contributed by atoms with Gasteiger partial charge in [-0.1, -0.05) is 59.8 Å². The van der Waals surface area contributed by atoms with Crippen LogP contribution in [-0.4, -0.2) is 76.6 Å². The normalized spacial score (nSPS) is 20.1. The van der Waals surface area contributed by atoms with E-state index < -0.39 is 11.3 Å². The van der Waals surface area contributed by atoms with Gasteiger partial charge in [0.1, 0.15) is 11.3 Å². The third-order valence-corrected chi connectivity index (χ3v) is 10.7. The monoisotopic (exact) mass is 708 g/mol. The molecule has 4 aromatic rings. The number of hydrogen-bond donors (Lipinski definition) is 1. The van der Waals surface area contributed by atoms with Crippen LogP contribution in [0.25, 0.3) is 0 Å². The number of aromatic nitrogens is 1. The highest BCUT2D eigenvalue weighted by Crippen LogP contribution is 2.41. The first kappa shape index (κ1) is 33.8. The summed E-state index contributed by atoms with van der Waals surface area (Å²) < 4.78 is 5.48. The average molecular weight is 709 g/mol. The maximum atomic E-state index is 13.9. The Kier molecular flexibility index (Phi) is 10.4. The molecule has 1 N–H and O–H groups in total. The predicted octanol–water partition coefficient (Wildman–Crippen LogP) is 6.25. The smallest absolute Gasteiger partial charge is 0.247 e. The minimum absolute atomic E-state index is 0.0836. The summed E-state index contributed by atoms with van der Waals surface area (Å²) in [5.74, 6) is -0.437. The molecule has 12 heteroatoms. The fourth-order valence-electron chi connectivity index (χ4n) is 6.43. The summed E-state index contributed by atoms with van der Waals surface area (Å²) in [7, 11) is 0. The number of halogens is 1. The van der Waals surface area contributed by atoms with Crippen molar-refractivity contribution in [2.45, 2.75) is 37.1 Å². The lowest BCUT2D eigenvalue weighted by molar-refractivity contribution is -0.136. The van der Waals surface area contributed by atoms with E-state index in [1.165, 1.54) is 11.8 Å². The average Bonchev–Trinajstić information content (AvgIpc) is 3.76. The van der Waals surface area contributed by atoms with Crippen LogP contribution < -0.4 is 10.2 Å². The van der Waals surface area contributed by atoms with Crippen LogP contribution in [0.1, 0.15) is 34.9 Å². The van der Waals surface area contributed by atoms with Crippen LogP contribution in [-0.2, 0) is 32.1 Å². The molecule has 3 aromatic carbocycles. The topological polar surface area (TPSA) is 107 Å². The van der Waals surface area contributed by atoms with Gasteiger partial charge in [0.25, 0.3) is 0 Å². The largest absolute Gasteiger partial charge is 0.378 e. The van der Waals surface area contributed by atoms with Crippen molar-refractivity contribution in [3.05, 3.63) is 119 Å². The van der Waals surface area contributed by atoms with Gasteiger partial charge in [-0.15, -0.1) is 0 Å². The molecular formula is C38H37ClN6O4S. The molecule has 10 nitrogen and oxygen atoms in total. The molecule has 3 aliphatic heterocycles. The number of anilines is 2. The fraction of sp³-hybridized carbons (Fsp3) is 0.289. The minimum atomic E-state index is -0.557. The van der Waals surface area contributed by atoms with Crippen LogP contribution >= 0.6 is 23.4 Å². The Labute approximate surface area is 300 Å². The first-order valence-corrected chi connectivity index (χ1v) is 18.0. The summed E-state index contributed by atoms with van der Waals surface area (Å²) >= 11 is 7.68. The van der Waals surface area contributed by atoms with Gasteiger partial charge < -0.3 is 19.9 Å². The third-order valence-electron chi connectivity index (χ3n) is 9.10. The van der Waals surface area contributed by atoms with E-state index in [1.807, 2.05) is 60.7 Å². The van der Waals surface area contributed by atoms with E-state index in [0.717, 1.165) is 47.7 Å². The molecule has 7 rings (SSSR count). The van der Waals surface area contributed by atoms with Crippen molar-refractivity contribution in [2.24, 2.45) is 4.99 Å². The molecule has 0 bridgehead atoms. The maximum Gasteiger partial charge on any atom is 0.247 e. The highest BCUT2D eigenvalue weighted by molar-refractivity contribution is 8.15. The molecule has 3 fully saturated rings. The Hall–Kier alpha value is -4.71. The second kappa shape index (κ2) is 15.5. The lowest BCUT2D eigenvalue weighted by atomic mass is 10.1. The van der Waals surface area contributed by atoms with Gasteiger partial charge in [0.05, 0.1) is 37.6 Å². The molecule has 0 saturated carbocycles. The number of morpholine rings is 1. The van der Waals surface area contributed by atoms with Gasteiger partial charge in [0, 0.05) is 42.2 Å². The van der Waals surface area contributed by atoms with Crippen LogP contribution in [0.3, 0.4) is 0 Å². The van der Waals surface area contributed by atoms with E-state index in [9.17, 15) is 14.4 Å². The zero-order valence-corrected chi connectivity index (χ0v) is 29.0. The van der Waals surface area contributed by atoms with Crippen molar-refractivity contribution in [1.29, 1.82) is 0 Å². The number of ether oxygens (including phenoxy) is 1. The number of amidine groups is 1. The molecule has 50 heavy (non-hydrogen) atoms. The van der Waals surface area contributed by atoms with Gasteiger partial charge in [0.2, 0.25) is 17.7 Å². The Bertz CT molecular complexity index is 1870. The molecule has 0 aliphatic carbocycles. The first-order valence-electron chi connectivity index (χ1n) is 16.8. The Balaban J connectivity index is 1.04. The van der Waals surface area contributed by atoms with Crippen molar-refractivity contribution in [1.82, 2.24) is 14.8 Å². The molecule has 4 heterocycles. The molecule has 256 valence electrons. The summed E-state index contributed by atoms with van der Waals surface area (Å²) in [4.78, 5) is 55.4. The van der Waals surface area contributed by atoms with Gasteiger partial charge in [0.15, 0.2) is 5.17 Å². The van der Waals surface area contributed by atoms with Crippen LogP contribution in [0.4, 0.5) is 17.1 Å². The zero-order valence-electron chi connectivity index (χ0n) is 27.4. The van der Waals surface area contributed by atoms with Crippen molar-refractivity contribution in [3.63, 3.8) is 0 Å². The summed E-state index contributed by atoms with van der Waals surface area (Å²) in [6, 6.07) is 27.7. The molecule has 3 aliphatic rings. The van der Waals surface area contributed by atoms with E-state index in [-0.39, 0.29) is 24.1 Å². The van der Waals surface area contributed by atoms with Crippen molar-refractivity contribution < 1.29 is 19.1 Å². The van der Waals surface area contributed by atoms with E-state index in [0.29, 0.717) is 48.6 Å². The summed E-state index contributed by atoms with van der Waals surface area (Å²) in [6.45, 7) is 3.96. The number of hydrogen-bond acceptors (Lipinski definition) is 8. The number of carbonyl (C=O) groups excluding carboxylic acids is 3. The number of carbonyl (C=O) groups is 3. The second-order valence-electron chi connectivity index (χ2n) is 12.4. The third kappa shape index (κ3) is 7.70. The number of likely N-dealkylation sites (tertiary alicyclic amines) is 1. The number of amides is 3.